The van der Waals surface area contributed by atoms with Crippen LogP contribution >= 0.6 is 15.9 Å². The number of hydrogen-bond donors (Lipinski definition) is 1. The van der Waals surface area contributed by atoms with Crippen molar-refractivity contribution in [3.05, 3.63) is 28.5 Å². The molecule has 1 N–H and O–H groups in total. The van der Waals surface area contributed by atoms with Gasteiger partial charge in [-0.1, -0.05) is 15.9 Å². The fraction of sp³-hybridized carbons (Fsp3) is 0.273. The Morgan fingerprint density at radius 2 is 1.95 bits per heavy atom. The summed E-state index contributed by atoms with van der Waals surface area (Å²) < 4.78 is 52.0. The molecule has 0 atom stereocenters. The summed E-state index contributed by atoms with van der Waals surface area (Å²) in [5.74, 6) is -5.50. The predicted octanol–water partition coefficient (Wildman–Crippen LogP) is 3.79. The molecule has 0 radical (unpaired) electrons. The predicted molar refractivity (Wildman–Crippen MR) is 66.7 cm³/mol. The Bertz CT molecular complexity index is 618. The summed E-state index contributed by atoms with van der Waals surface area (Å²) in [4.78, 5) is 7.00. The number of aromatic nitrogens is 2. The molecular formula is C11H8BrF4N3. The third-order valence-electron chi connectivity index (χ3n) is 2.47. The van der Waals surface area contributed by atoms with E-state index in [1.54, 1.807) is 12.1 Å². The first-order valence-corrected chi connectivity index (χ1v) is 5.97. The molecule has 1 heterocycles. The van der Waals surface area contributed by atoms with E-state index in [0.29, 0.717) is 9.86 Å². The quantitative estimate of drug-likeness (QED) is 0.866. The summed E-state index contributed by atoms with van der Waals surface area (Å²) in [6, 6.07) is 4.65. The van der Waals surface area contributed by atoms with Crippen molar-refractivity contribution in [1.29, 1.82) is 0 Å². The van der Waals surface area contributed by atoms with Crippen molar-refractivity contribution in [1.82, 2.24) is 9.97 Å². The number of benzene rings is 1. The second-order valence-corrected chi connectivity index (χ2v) is 4.65. The average Bonchev–Trinajstić information content (AvgIpc) is 2.37. The van der Waals surface area contributed by atoms with Crippen molar-refractivity contribution >= 4 is 32.7 Å². The molecule has 0 amide bonds. The molecule has 3 nitrogen and oxygen atoms in total. The first-order valence-electron chi connectivity index (χ1n) is 5.17. The van der Waals surface area contributed by atoms with Gasteiger partial charge in [0.1, 0.15) is 5.82 Å². The minimum Gasteiger partial charge on any atom is -0.373 e. The SMILES string of the molecule is CNc1nc(C(F)(F)C(F)F)nc2ccc(Br)cc12. The number of hydrogen-bond acceptors (Lipinski definition) is 3. The Morgan fingerprint density at radius 1 is 1.26 bits per heavy atom. The Labute approximate surface area is 114 Å². The van der Waals surface area contributed by atoms with Gasteiger partial charge in [-0.25, -0.2) is 18.7 Å². The molecular weight excluding hydrogens is 330 g/mol. The molecule has 0 aliphatic heterocycles. The highest BCUT2D eigenvalue weighted by atomic mass is 79.9. The number of rotatable bonds is 3. The van der Waals surface area contributed by atoms with Crippen LogP contribution in [0, 0.1) is 0 Å². The van der Waals surface area contributed by atoms with Crippen LogP contribution in [-0.4, -0.2) is 23.4 Å². The van der Waals surface area contributed by atoms with Crippen molar-refractivity contribution in [2.45, 2.75) is 12.3 Å². The van der Waals surface area contributed by atoms with Crippen molar-refractivity contribution < 1.29 is 17.6 Å². The summed E-state index contributed by atoms with van der Waals surface area (Å²) >= 11 is 3.23. The molecule has 0 unspecified atom stereocenters. The molecule has 102 valence electrons. The maximum Gasteiger partial charge on any atom is 0.365 e. The van der Waals surface area contributed by atoms with E-state index in [2.05, 4.69) is 31.2 Å². The van der Waals surface area contributed by atoms with Gasteiger partial charge in [0, 0.05) is 16.9 Å². The molecule has 0 saturated carbocycles. The number of nitrogens with one attached hydrogen (secondary N) is 1. The molecule has 0 aliphatic rings. The zero-order valence-electron chi connectivity index (χ0n) is 9.59. The van der Waals surface area contributed by atoms with E-state index in [0.717, 1.165) is 0 Å². The molecule has 2 rings (SSSR count). The number of nitrogens with zero attached hydrogens (tertiary/aromatic N) is 2. The largest absolute Gasteiger partial charge is 0.373 e. The zero-order valence-corrected chi connectivity index (χ0v) is 11.2. The Hall–Kier alpha value is -1.44. The molecule has 0 spiro atoms. The lowest BCUT2D eigenvalue weighted by Gasteiger charge is -2.15. The monoisotopic (exact) mass is 337 g/mol. The van der Waals surface area contributed by atoms with Gasteiger partial charge >= 0.3 is 12.3 Å². The normalized spacial score (nSPS) is 12.2. The lowest BCUT2D eigenvalue weighted by Crippen LogP contribution is -2.26. The van der Waals surface area contributed by atoms with E-state index in [-0.39, 0.29) is 11.3 Å². The van der Waals surface area contributed by atoms with E-state index in [9.17, 15) is 17.6 Å². The van der Waals surface area contributed by atoms with Gasteiger partial charge in [-0.3, -0.25) is 0 Å². The van der Waals surface area contributed by atoms with E-state index in [4.69, 9.17) is 0 Å². The highest BCUT2D eigenvalue weighted by molar-refractivity contribution is 9.10. The molecule has 1 aromatic heterocycles. The topological polar surface area (TPSA) is 37.8 Å². The van der Waals surface area contributed by atoms with E-state index < -0.39 is 18.2 Å². The number of alkyl halides is 4. The van der Waals surface area contributed by atoms with Crippen molar-refractivity contribution in [2.24, 2.45) is 0 Å². The number of anilines is 1. The van der Waals surface area contributed by atoms with Gasteiger partial charge in [0.25, 0.3) is 0 Å². The van der Waals surface area contributed by atoms with Crippen molar-refractivity contribution in [3.8, 4) is 0 Å². The summed E-state index contributed by atoms with van der Waals surface area (Å²) in [6.07, 6.45) is -3.86. The van der Waals surface area contributed by atoms with Crippen LogP contribution < -0.4 is 5.32 Å². The van der Waals surface area contributed by atoms with Crippen molar-refractivity contribution in [3.63, 3.8) is 0 Å². The molecule has 0 bridgehead atoms. The minimum atomic E-state index is -4.38. The van der Waals surface area contributed by atoms with Gasteiger partial charge in [0.15, 0.2) is 0 Å². The summed E-state index contributed by atoms with van der Waals surface area (Å²) in [6.45, 7) is 0. The molecule has 2 aromatic rings. The Kier molecular flexibility index (Phi) is 3.62. The summed E-state index contributed by atoms with van der Waals surface area (Å²) in [5.41, 5.74) is 0.165. The van der Waals surface area contributed by atoms with Crippen LogP contribution in [-0.2, 0) is 5.92 Å². The van der Waals surface area contributed by atoms with E-state index >= 15 is 0 Å². The fourth-order valence-corrected chi connectivity index (χ4v) is 1.90. The first-order chi connectivity index (χ1) is 8.86. The third kappa shape index (κ3) is 2.49. The Balaban J connectivity index is 2.70. The summed E-state index contributed by atoms with van der Waals surface area (Å²) in [5, 5.41) is 3.06. The van der Waals surface area contributed by atoms with Crippen LogP contribution in [0.15, 0.2) is 22.7 Å². The molecule has 19 heavy (non-hydrogen) atoms. The molecule has 0 saturated heterocycles. The van der Waals surface area contributed by atoms with Gasteiger partial charge < -0.3 is 5.32 Å². The van der Waals surface area contributed by atoms with Crippen LogP contribution in [0.1, 0.15) is 5.82 Å². The number of fused-ring (bicyclic) bond motifs is 1. The minimum absolute atomic E-state index is 0.0709. The second-order valence-electron chi connectivity index (χ2n) is 3.73. The van der Waals surface area contributed by atoms with Gasteiger partial charge in [-0.05, 0) is 18.2 Å². The van der Waals surface area contributed by atoms with Crippen molar-refractivity contribution in [2.75, 3.05) is 12.4 Å². The van der Waals surface area contributed by atoms with E-state index in [1.165, 1.54) is 13.1 Å². The van der Waals surface area contributed by atoms with Gasteiger partial charge in [0.2, 0.25) is 5.82 Å². The first kappa shape index (κ1) is 14.0. The maximum absolute atomic E-state index is 13.3. The molecule has 0 fully saturated rings. The van der Waals surface area contributed by atoms with Crippen LogP contribution in [0.5, 0.6) is 0 Å². The highest BCUT2D eigenvalue weighted by Gasteiger charge is 2.46. The number of halogens is 5. The highest BCUT2D eigenvalue weighted by Crippen LogP contribution is 2.34. The molecule has 0 aliphatic carbocycles. The zero-order chi connectivity index (χ0) is 14.2. The standard InChI is InChI=1S/C11H8BrF4N3/c1-17-8-6-4-5(12)2-3-7(6)18-10(19-8)11(15,16)9(13)14/h2-4,9H,1H3,(H,17,18,19). The smallest absolute Gasteiger partial charge is 0.365 e. The Morgan fingerprint density at radius 3 is 2.53 bits per heavy atom. The lowest BCUT2D eigenvalue weighted by molar-refractivity contribution is -0.140. The summed E-state index contributed by atoms with van der Waals surface area (Å²) in [7, 11) is 1.47. The van der Waals surface area contributed by atoms with Gasteiger partial charge in [-0.15, -0.1) is 0 Å². The van der Waals surface area contributed by atoms with Crippen LogP contribution in [0.4, 0.5) is 23.4 Å². The van der Waals surface area contributed by atoms with Gasteiger partial charge in [-0.2, -0.15) is 8.78 Å². The molecule has 1 aromatic carbocycles. The maximum atomic E-state index is 13.3. The second kappa shape index (κ2) is 4.92. The fourth-order valence-electron chi connectivity index (χ4n) is 1.54. The average molecular weight is 338 g/mol. The molecule has 8 heteroatoms. The van der Waals surface area contributed by atoms with E-state index in [1.807, 2.05) is 0 Å². The third-order valence-corrected chi connectivity index (χ3v) is 2.96. The van der Waals surface area contributed by atoms with Gasteiger partial charge in [0.05, 0.1) is 5.52 Å². The van der Waals surface area contributed by atoms with Crippen LogP contribution in [0.3, 0.4) is 0 Å². The van der Waals surface area contributed by atoms with Crippen LogP contribution in [0.2, 0.25) is 0 Å². The van der Waals surface area contributed by atoms with Crippen LogP contribution in [0.25, 0.3) is 10.9 Å². The lowest BCUT2D eigenvalue weighted by atomic mass is 10.2.